The summed E-state index contributed by atoms with van der Waals surface area (Å²) in [5.74, 6) is -0.791. The van der Waals surface area contributed by atoms with Crippen molar-refractivity contribution >= 4 is 19.8 Å². The lowest BCUT2D eigenvalue weighted by Crippen LogP contribution is -2.37. The van der Waals surface area contributed by atoms with Gasteiger partial charge in [-0.15, -0.1) is 0 Å². The van der Waals surface area contributed by atoms with Crippen LogP contribution in [0.3, 0.4) is 0 Å². The first-order valence-electron chi connectivity index (χ1n) is 40.3. The SMILES string of the molecule is CC/C=C\C/C=C\C/C=C\C/C=C\C/C=C\C/C=C\C/C=C\C/C=C\C/C=C\CCCCCCCCCCCCCC(=O)OC(COC(=O)CCCCCCCCCCCCCCCCCCCCCCC/C=C\CCCCCCCCCC)COP(=O)(O)OCC[N+](C)(C)C. The van der Waals surface area contributed by atoms with Crippen molar-refractivity contribution in [1.29, 1.82) is 0 Å². The van der Waals surface area contributed by atoms with E-state index in [1.54, 1.807) is 0 Å². The topological polar surface area (TPSA) is 108 Å². The van der Waals surface area contributed by atoms with E-state index < -0.39 is 26.5 Å². The Labute approximate surface area is 594 Å². The number of hydrogen-bond acceptors (Lipinski definition) is 7. The molecular weight excluding hydrogens is 1210 g/mol. The number of rotatable bonds is 74. The smallest absolute Gasteiger partial charge is 0.462 e. The fourth-order valence-corrected chi connectivity index (χ4v) is 12.1. The van der Waals surface area contributed by atoms with E-state index in [1.165, 1.54) is 225 Å². The van der Waals surface area contributed by atoms with Crippen LogP contribution in [-0.2, 0) is 32.7 Å². The van der Waals surface area contributed by atoms with Crippen molar-refractivity contribution < 1.29 is 42.1 Å². The standard InChI is InChI=1S/C86H152NO8P/c1-6-8-10-12-14-16-18-20-22-24-26-28-30-32-34-36-38-40-41-42-43-44-45-47-49-51-53-55-57-59-61-63-65-67-69-71-73-75-77-79-86(89)95-84(83-94-96(90,91)93-81-80-87(3,4)5)82-92-85(88)78-76-74-72-70-68-66-64-62-60-58-56-54-52-50-48-46-39-37-35-33-31-29-27-25-23-21-19-17-15-13-11-9-7-2/h8,10,14,16,20,22,25-28,32,34,38,40,42-43,45,47,51,53,84H,6-7,9,11-13,15,17-19,21,23-24,29-31,33,35-37,39,41,44,46,48-50,52,54-83H2,1-5H3/p+1/b10-8-,16-14-,22-20-,27-25-,28-26-,34-32-,40-38-,43-42-,47-45-,53-51-. The second-order valence-corrected chi connectivity index (χ2v) is 29.5. The van der Waals surface area contributed by atoms with Crippen LogP contribution in [0.5, 0.6) is 0 Å². The molecule has 0 radical (unpaired) electrons. The lowest BCUT2D eigenvalue weighted by molar-refractivity contribution is -0.870. The molecule has 96 heavy (non-hydrogen) atoms. The minimum absolute atomic E-state index is 0.0281. The molecule has 9 nitrogen and oxygen atoms in total. The number of carbonyl (C=O) groups is 2. The van der Waals surface area contributed by atoms with Gasteiger partial charge in [0, 0.05) is 12.8 Å². The van der Waals surface area contributed by atoms with Crippen molar-refractivity contribution in [2.24, 2.45) is 0 Å². The highest BCUT2D eigenvalue weighted by molar-refractivity contribution is 7.47. The average molecular weight is 1360 g/mol. The zero-order valence-electron chi connectivity index (χ0n) is 63.3. The van der Waals surface area contributed by atoms with Gasteiger partial charge in [0.2, 0.25) is 0 Å². The third kappa shape index (κ3) is 79.4. The summed E-state index contributed by atoms with van der Waals surface area (Å²) < 4.78 is 34.8. The second-order valence-electron chi connectivity index (χ2n) is 28.1. The number of ether oxygens (including phenoxy) is 2. The van der Waals surface area contributed by atoms with E-state index in [1.807, 2.05) is 21.1 Å². The van der Waals surface area contributed by atoms with Gasteiger partial charge in [-0.1, -0.05) is 360 Å². The van der Waals surface area contributed by atoms with Crippen molar-refractivity contribution in [3.05, 3.63) is 122 Å². The Kier molecular flexibility index (Phi) is 72.8. The maximum Gasteiger partial charge on any atom is 0.472 e. The zero-order chi connectivity index (χ0) is 69.7. The van der Waals surface area contributed by atoms with Crippen LogP contribution in [-0.4, -0.2) is 74.9 Å². The van der Waals surface area contributed by atoms with Gasteiger partial charge in [-0.3, -0.25) is 18.6 Å². The molecule has 0 bridgehead atoms. The molecule has 2 unspecified atom stereocenters. The molecule has 0 aromatic heterocycles. The lowest BCUT2D eigenvalue weighted by atomic mass is 10.0. The molecule has 2 atom stereocenters. The molecule has 554 valence electrons. The molecule has 0 fully saturated rings. The lowest BCUT2D eigenvalue weighted by Gasteiger charge is -2.24. The van der Waals surface area contributed by atoms with E-state index in [2.05, 4.69) is 135 Å². The van der Waals surface area contributed by atoms with Crippen LogP contribution in [0.25, 0.3) is 0 Å². The van der Waals surface area contributed by atoms with Gasteiger partial charge in [-0.05, 0) is 109 Å². The third-order valence-electron chi connectivity index (χ3n) is 17.5. The minimum atomic E-state index is -4.40. The molecule has 0 saturated carbocycles. The fraction of sp³-hybridized carbons (Fsp3) is 0.744. The van der Waals surface area contributed by atoms with Gasteiger partial charge in [0.05, 0.1) is 27.7 Å². The summed E-state index contributed by atoms with van der Waals surface area (Å²) in [6.45, 7) is 4.36. The molecule has 10 heteroatoms. The summed E-state index contributed by atoms with van der Waals surface area (Å²) in [6.07, 6.45) is 109. The summed E-state index contributed by atoms with van der Waals surface area (Å²) in [6, 6.07) is 0. The molecule has 0 aromatic rings. The van der Waals surface area contributed by atoms with Crippen molar-refractivity contribution in [2.75, 3.05) is 47.5 Å². The van der Waals surface area contributed by atoms with E-state index in [-0.39, 0.29) is 32.0 Å². The van der Waals surface area contributed by atoms with Crippen LogP contribution < -0.4 is 0 Å². The first-order valence-corrected chi connectivity index (χ1v) is 41.8. The number of hydrogen-bond donors (Lipinski definition) is 1. The highest BCUT2D eigenvalue weighted by atomic mass is 31.2. The number of phosphoric ester groups is 1. The summed E-state index contributed by atoms with van der Waals surface area (Å²) in [5.41, 5.74) is 0. The Bertz CT molecular complexity index is 2040. The monoisotopic (exact) mass is 1360 g/mol. The average Bonchev–Trinajstić information content (AvgIpc) is 1.98. The number of unbranched alkanes of at least 4 members (excludes halogenated alkanes) is 40. The number of quaternary nitrogens is 1. The Morgan fingerprint density at radius 2 is 0.594 bits per heavy atom. The molecule has 0 rings (SSSR count). The van der Waals surface area contributed by atoms with Gasteiger partial charge >= 0.3 is 19.8 Å². The molecule has 0 aliphatic carbocycles. The predicted octanol–water partition coefficient (Wildman–Crippen LogP) is 26.9. The summed E-state index contributed by atoms with van der Waals surface area (Å²) in [5, 5.41) is 0. The number of esters is 2. The summed E-state index contributed by atoms with van der Waals surface area (Å²) in [4.78, 5) is 36.0. The zero-order valence-corrected chi connectivity index (χ0v) is 64.2. The molecule has 0 saturated heterocycles. The van der Waals surface area contributed by atoms with E-state index >= 15 is 0 Å². The highest BCUT2D eigenvalue weighted by Gasteiger charge is 2.27. The van der Waals surface area contributed by atoms with Gasteiger partial charge < -0.3 is 18.9 Å². The molecule has 0 aliphatic heterocycles. The van der Waals surface area contributed by atoms with Crippen LogP contribution in [0.1, 0.15) is 361 Å². The molecule has 0 amide bonds. The number of carbonyl (C=O) groups excluding carboxylic acids is 2. The van der Waals surface area contributed by atoms with Crippen molar-refractivity contribution in [2.45, 2.75) is 367 Å². The van der Waals surface area contributed by atoms with Crippen molar-refractivity contribution in [3.8, 4) is 0 Å². The second kappa shape index (κ2) is 75.6. The van der Waals surface area contributed by atoms with Crippen LogP contribution in [0.4, 0.5) is 0 Å². The fourth-order valence-electron chi connectivity index (χ4n) is 11.4. The van der Waals surface area contributed by atoms with Crippen LogP contribution in [0.15, 0.2) is 122 Å². The molecule has 0 spiro atoms. The number of likely N-dealkylation sites (N-methyl/N-ethyl adjacent to an activating group) is 1. The van der Waals surface area contributed by atoms with E-state index in [0.29, 0.717) is 17.4 Å². The number of allylic oxidation sites excluding steroid dienone is 20. The van der Waals surface area contributed by atoms with Crippen LogP contribution in [0.2, 0.25) is 0 Å². The first-order chi connectivity index (χ1) is 47.0. The Hall–Kier alpha value is -3.59. The first kappa shape index (κ1) is 92.4. The van der Waals surface area contributed by atoms with Gasteiger partial charge in [-0.2, -0.15) is 0 Å². The molecule has 0 heterocycles. The van der Waals surface area contributed by atoms with Gasteiger partial charge in [-0.25, -0.2) is 4.57 Å². The van der Waals surface area contributed by atoms with Gasteiger partial charge in [0.15, 0.2) is 6.10 Å². The highest BCUT2D eigenvalue weighted by Crippen LogP contribution is 2.43. The molecule has 0 aliphatic rings. The Morgan fingerprint density at radius 1 is 0.333 bits per heavy atom. The van der Waals surface area contributed by atoms with Crippen molar-refractivity contribution in [3.63, 3.8) is 0 Å². The van der Waals surface area contributed by atoms with Crippen molar-refractivity contribution in [1.82, 2.24) is 0 Å². The maximum absolute atomic E-state index is 12.9. The largest absolute Gasteiger partial charge is 0.472 e. The molecular formula is C86H153NO8P+. The van der Waals surface area contributed by atoms with E-state index in [9.17, 15) is 19.0 Å². The molecule has 1 N–H and O–H groups in total. The number of nitrogens with zero attached hydrogens (tertiary/aromatic N) is 1. The van der Waals surface area contributed by atoms with E-state index in [4.69, 9.17) is 18.5 Å². The summed E-state index contributed by atoms with van der Waals surface area (Å²) >= 11 is 0. The molecule has 0 aromatic carbocycles. The predicted molar refractivity (Wildman–Crippen MR) is 418 cm³/mol. The van der Waals surface area contributed by atoms with Gasteiger partial charge in [0.1, 0.15) is 19.8 Å². The quantitative estimate of drug-likeness (QED) is 0.0211. The Morgan fingerprint density at radius 3 is 0.896 bits per heavy atom. The van der Waals surface area contributed by atoms with Crippen LogP contribution in [0, 0.1) is 0 Å². The minimum Gasteiger partial charge on any atom is -0.462 e. The maximum atomic E-state index is 12.9. The Balaban J connectivity index is 4.00. The summed E-state index contributed by atoms with van der Waals surface area (Å²) in [7, 11) is 1.48. The van der Waals surface area contributed by atoms with E-state index in [0.717, 1.165) is 103 Å². The normalized spacial score (nSPS) is 13.7. The van der Waals surface area contributed by atoms with Gasteiger partial charge in [0.25, 0.3) is 0 Å². The van der Waals surface area contributed by atoms with Crippen LogP contribution >= 0.6 is 7.82 Å². The number of phosphoric acid groups is 1. The third-order valence-corrected chi connectivity index (χ3v) is 18.5.